The Bertz CT molecular complexity index is 383. The minimum Gasteiger partial charge on any atom is -0.399 e. The Hall–Kier alpha value is -1.55. The summed E-state index contributed by atoms with van der Waals surface area (Å²) in [4.78, 5) is 11.9. The van der Waals surface area contributed by atoms with Gasteiger partial charge in [0, 0.05) is 12.3 Å². The molecule has 1 saturated heterocycles. The van der Waals surface area contributed by atoms with E-state index in [1.807, 2.05) is 31.2 Å². The van der Waals surface area contributed by atoms with Crippen LogP contribution in [0.25, 0.3) is 0 Å². The Morgan fingerprint density at radius 3 is 2.76 bits per heavy atom. The topological polar surface area (TPSA) is 64.3 Å². The summed E-state index contributed by atoms with van der Waals surface area (Å²) in [5, 5.41) is 3.00. The molecule has 0 radical (unpaired) electrons. The number of rotatable bonds is 3. The second-order valence-corrected chi connectivity index (χ2v) is 4.46. The van der Waals surface area contributed by atoms with Crippen molar-refractivity contribution in [3.63, 3.8) is 0 Å². The Labute approximate surface area is 101 Å². The fourth-order valence-corrected chi connectivity index (χ4v) is 1.94. The number of hydrogen-bond donors (Lipinski definition) is 2. The van der Waals surface area contributed by atoms with E-state index in [9.17, 15) is 4.79 Å². The highest BCUT2D eigenvalue weighted by Gasteiger charge is 2.24. The fourth-order valence-electron chi connectivity index (χ4n) is 1.94. The first kappa shape index (κ1) is 11.9. The van der Waals surface area contributed by atoms with Gasteiger partial charge in [0.1, 0.15) is 0 Å². The summed E-state index contributed by atoms with van der Waals surface area (Å²) in [6.45, 7) is 3.20. The molecule has 0 aromatic heterocycles. The molecule has 0 saturated carbocycles. The Kier molecular flexibility index (Phi) is 3.64. The Balaban J connectivity index is 1.93. The van der Waals surface area contributed by atoms with Crippen LogP contribution in [0.5, 0.6) is 0 Å². The maximum atomic E-state index is 11.9. The van der Waals surface area contributed by atoms with Gasteiger partial charge in [-0.15, -0.1) is 0 Å². The molecule has 1 aliphatic heterocycles. The average molecular weight is 234 g/mol. The van der Waals surface area contributed by atoms with E-state index in [4.69, 9.17) is 10.5 Å². The lowest BCUT2D eigenvalue weighted by molar-refractivity contribution is -0.125. The second kappa shape index (κ2) is 5.19. The van der Waals surface area contributed by atoms with Crippen molar-refractivity contribution in [2.75, 3.05) is 18.9 Å². The third-order valence-electron chi connectivity index (χ3n) is 3.10. The number of nitrogens with one attached hydrogen (secondary N) is 1. The van der Waals surface area contributed by atoms with Gasteiger partial charge in [0.25, 0.3) is 0 Å². The summed E-state index contributed by atoms with van der Waals surface area (Å²) in [7, 11) is 0. The molecule has 1 aromatic rings. The smallest absolute Gasteiger partial charge is 0.225 e. The normalized spacial score (nSPS) is 21.1. The van der Waals surface area contributed by atoms with Gasteiger partial charge in [-0.25, -0.2) is 0 Å². The molecule has 2 atom stereocenters. The Morgan fingerprint density at radius 2 is 2.18 bits per heavy atom. The highest BCUT2D eigenvalue weighted by Crippen LogP contribution is 2.17. The molecule has 2 rings (SSSR count). The first-order valence-corrected chi connectivity index (χ1v) is 5.90. The maximum Gasteiger partial charge on any atom is 0.225 e. The predicted octanol–water partition coefficient (Wildman–Crippen LogP) is 1.48. The number of anilines is 1. The standard InChI is InChI=1S/C13H18N2O2/c1-9(10-2-4-12(14)5-3-10)15-13(16)11-6-7-17-8-11/h2-5,9,11H,6-8,14H2,1H3,(H,15,16). The van der Waals surface area contributed by atoms with E-state index in [-0.39, 0.29) is 17.9 Å². The van der Waals surface area contributed by atoms with E-state index in [1.165, 1.54) is 0 Å². The van der Waals surface area contributed by atoms with Crippen molar-refractivity contribution >= 4 is 11.6 Å². The average Bonchev–Trinajstić information content (AvgIpc) is 2.83. The molecule has 3 N–H and O–H groups in total. The number of nitrogen functional groups attached to an aromatic ring is 1. The molecule has 17 heavy (non-hydrogen) atoms. The van der Waals surface area contributed by atoms with E-state index in [1.54, 1.807) is 0 Å². The van der Waals surface area contributed by atoms with Gasteiger partial charge in [-0.3, -0.25) is 4.79 Å². The van der Waals surface area contributed by atoms with Crippen LogP contribution in [0, 0.1) is 5.92 Å². The van der Waals surface area contributed by atoms with Crippen molar-refractivity contribution in [3.05, 3.63) is 29.8 Å². The van der Waals surface area contributed by atoms with E-state index in [2.05, 4.69) is 5.32 Å². The van der Waals surface area contributed by atoms with Crippen LogP contribution in [0.2, 0.25) is 0 Å². The van der Waals surface area contributed by atoms with Gasteiger partial charge in [0.2, 0.25) is 5.91 Å². The Morgan fingerprint density at radius 1 is 1.47 bits per heavy atom. The molecule has 4 heteroatoms. The zero-order valence-corrected chi connectivity index (χ0v) is 9.98. The van der Waals surface area contributed by atoms with Gasteiger partial charge in [-0.2, -0.15) is 0 Å². The molecule has 1 fully saturated rings. The van der Waals surface area contributed by atoms with E-state index in [0.717, 1.165) is 17.7 Å². The molecule has 4 nitrogen and oxygen atoms in total. The molecule has 0 spiro atoms. The summed E-state index contributed by atoms with van der Waals surface area (Å²) < 4.78 is 5.20. The third kappa shape index (κ3) is 2.97. The largest absolute Gasteiger partial charge is 0.399 e. The number of amides is 1. The van der Waals surface area contributed by atoms with Crippen LogP contribution in [-0.2, 0) is 9.53 Å². The van der Waals surface area contributed by atoms with Crippen molar-refractivity contribution in [1.82, 2.24) is 5.32 Å². The highest BCUT2D eigenvalue weighted by molar-refractivity contribution is 5.79. The van der Waals surface area contributed by atoms with E-state index in [0.29, 0.717) is 13.2 Å². The first-order chi connectivity index (χ1) is 8.16. The molecule has 1 heterocycles. The second-order valence-electron chi connectivity index (χ2n) is 4.46. The van der Waals surface area contributed by atoms with Gasteiger partial charge < -0.3 is 15.8 Å². The van der Waals surface area contributed by atoms with Crippen LogP contribution in [-0.4, -0.2) is 19.1 Å². The van der Waals surface area contributed by atoms with Gasteiger partial charge in [-0.05, 0) is 31.0 Å². The van der Waals surface area contributed by atoms with Gasteiger partial charge in [0.05, 0.1) is 18.6 Å². The summed E-state index contributed by atoms with van der Waals surface area (Å²) in [5.41, 5.74) is 7.42. The number of ether oxygens (including phenoxy) is 1. The van der Waals surface area contributed by atoms with Crippen LogP contribution in [0.1, 0.15) is 24.9 Å². The molecule has 1 aromatic carbocycles. The van der Waals surface area contributed by atoms with Gasteiger partial charge in [-0.1, -0.05) is 12.1 Å². The monoisotopic (exact) mass is 234 g/mol. The minimum absolute atomic E-state index is 0.00343. The lowest BCUT2D eigenvalue weighted by atomic mass is 10.1. The number of benzene rings is 1. The molecular weight excluding hydrogens is 216 g/mol. The van der Waals surface area contributed by atoms with Gasteiger partial charge >= 0.3 is 0 Å². The maximum absolute atomic E-state index is 11.9. The number of carbonyl (C=O) groups excluding carboxylic acids is 1. The van der Waals surface area contributed by atoms with Crippen molar-refractivity contribution in [3.8, 4) is 0 Å². The van der Waals surface area contributed by atoms with Crippen molar-refractivity contribution in [2.45, 2.75) is 19.4 Å². The molecule has 1 aliphatic rings. The van der Waals surface area contributed by atoms with Crippen LogP contribution in [0.3, 0.4) is 0 Å². The van der Waals surface area contributed by atoms with Crippen molar-refractivity contribution in [1.29, 1.82) is 0 Å². The van der Waals surface area contributed by atoms with Crippen LogP contribution in [0.15, 0.2) is 24.3 Å². The summed E-state index contributed by atoms with van der Waals surface area (Å²) in [6.07, 6.45) is 0.820. The number of carbonyl (C=O) groups is 1. The first-order valence-electron chi connectivity index (χ1n) is 5.90. The molecule has 0 aliphatic carbocycles. The molecule has 1 amide bonds. The summed E-state index contributed by atoms with van der Waals surface area (Å²) in [5.74, 6) is 0.0815. The highest BCUT2D eigenvalue weighted by atomic mass is 16.5. The zero-order valence-electron chi connectivity index (χ0n) is 9.98. The summed E-state index contributed by atoms with van der Waals surface area (Å²) >= 11 is 0. The molecular formula is C13H18N2O2. The van der Waals surface area contributed by atoms with E-state index >= 15 is 0 Å². The molecule has 92 valence electrons. The minimum atomic E-state index is 0.00343. The fraction of sp³-hybridized carbons (Fsp3) is 0.462. The lowest BCUT2D eigenvalue weighted by Gasteiger charge is -2.16. The van der Waals surface area contributed by atoms with E-state index < -0.39 is 0 Å². The van der Waals surface area contributed by atoms with Crippen LogP contribution in [0.4, 0.5) is 5.69 Å². The number of nitrogens with two attached hydrogens (primary N) is 1. The van der Waals surface area contributed by atoms with Crippen LogP contribution < -0.4 is 11.1 Å². The quantitative estimate of drug-likeness (QED) is 0.779. The van der Waals surface area contributed by atoms with Gasteiger partial charge in [0.15, 0.2) is 0 Å². The third-order valence-corrected chi connectivity index (χ3v) is 3.10. The lowest BCUT2D eigenvalue weighted by Crippen LogP contribution is -2.33. The molecule has 2 unspecified atom stereocenters. The number of hydrogen-bond acceptors (Lipinski definition) is 3. The van der Waals surface area contributed by atoms with Crippen LogP contribution >= 0.6 is 0 Å². The molecule has 0 bridgehead atoms. The predicted molar refractivity (Wildman–Crippen MR) is 66.3 cm³/mol. The SMILES string of the molecule is CC(NC(=O)C1CCOC1)c1ccc(N)cc1. The van der Waals surface area contributed by atoms with Crippen molar-refractivity contribution in [2.24, 2.45) is 5.92 Å². The van der Waals surface area contributed by atoms with Crippen molar-refractivity contribution < 1.29 is 9.53 Å². The summed E-state index contributed by atoms with van der Waals surface area (Å²) in [6, 6.07) is 7.56. The zero-order chi connectivity index (χ0) is 12.3.